The molecule has 3 rings (SSSR count). The summed E-state index contributed by atoms with van der Waals surface area (Å²) in [7, 11) is -3.61. The van der Waals surface area contributed by atoms with Gasteiger partial charge in [0.2, 0.25) is 0 Å². The second kappa shape index (κ2) is 8.87. The van der Waals surface area contributed by atoms with Crippen molar-refractivity contribution in [2.24, 2.45) is 4.99 Å². The van der Waals surface area contributed by atoms with Crippen LogP contribution < -0.4 is 10.0 Å². The largest absolute Gasteiger partial charge is 0.456 e. The first kappa shape index (κ1) is 20.5. The topological polar surface area (TPSA) is 114 Å². The van der Waals surface area contributed by atoms with Crippen molar-refractivity contribution in [2.75, 3.05) is 13.2 Å². The van der Waals surface area contributed by atoms with E-state index < -0.39 is 21.9 Å². The number of nitrogens with zero attached hydrogens (tertiary/aromatic N) is 1. The molecule has 0 saturated heterocycles. The van der Waals surface area contributed by atoms with Gasteiger partial charge >= 0.3 is 5.97 Å². The summed E-state index contributed by atoms with van der Waals surface area (Å²) < 4.78 is 31.3. The summed E-state index contributed by atoms with van der Waals surface area (Å²) >= 11 is 0. The van der Waals surface area contributed by atoms with Crippen LogP contribution >= 0.6 is 0 Å². The number of sulfonamides is 1. The summed E-state index contributed by atoms with van der Waals surface area (Å²) in [5.74, 6) is -0.788. The van der Waals surface area contributed by atoms with Gasteiger partial charge in [0, 0.05) is 12.1 Å². The minimum Gasteiger partial charge on any atom is -0.456 e. The molecule has 0 bridgehead atoms. The molecular weight excluding hydrogens is 394 g/mol. The zero-order valence-electron chi connectivity index (χ0n) is 15.8. The molecule has 0 radical (unpaired) electrons. The van der Waals surface area contributed by atoms with Crippen molar-refractivity contribution in [2.45, 2.75) is 24.8 Å². The van der Waals surface area contributed by atoms with Crippen molar-refractivity contribution >= 4 is 27.7 Å². The average Bonchev–Trinajstić information content (AvgIpc) is 2.96. The fraction of sp³-hybridized carbons (Fsp3) is 0.250. The van der Waals surface area contributed by atoms with Crippen molar-refractivity contribution in [1.29, 1.82) is 0 Å². The lowest BCUT2D eigenvalue weighted by Crippen LogP contribution is -2.28. The molecule has 0 spiro atoms. The molecule has 1 aliphatic rings. The smallest absolute Gasteiger partial charge is 0.308 e. The van der Waals surface area contributed by atoms with E-state index in [9.17, 15) is 18.0 Å². The van der Waals surface area contributed by atoms with Gasteiger partial charge in [0.1, 0.15) is 5.84 Å². The lowest BCUT2D eigenvalue weighted by molar-refractivity contribution is -0.148. The van der Waals surface area contributed by atoms with Crippen LogP contribution in [0.3, 0.4) is 0 Å². The van der Waals surface area contributed by atoms with Crippen molar-refractivity contribution < 1.29 is 22.7 Å². The number of aryl methyl sites for hydroxylation is 1. The highest BCUT2D eigenvalue weighted by Gasteiger charge is 2.29. The Bertz CT molecular complexity index is 1060. The Hall–Kier alpha value is -3.20. The van der Waals surface area contributed by atoms with Crippen LogP contribution in [0.1, 0.15) is 23.1 Å². The number of carbonyl (C=O) groups excluding carboxylic acids is 2. The highest BCUT2D eigenvalue weighted by Crippen LogP contribution is 2.22. The summed E-state index contributed by atoms with van der Waals surface area (Å²) in [6.45, 7) is 1.97. The number of benzene rings is 2. The van der Waals surface area contributed by atoms with Crippen LogP contribution in [0.5, 0.6) is 0 Å². The van der Waals surface area contributed by atoms with Crippen molar-refractivity contribution in [3.8, 4) is 0 Å². The van der Waals surface area contributed by atoms with Crippen LogP contribution in [-0.4, -0.2) is 39.3 Å². The van der Waals surface area contributed by atoms with Crippen LogP contribution in [0, 0.1) is 6.92 Å². The van der Waals surface area contributed by atoms with E-state index in [1.165, 1.54) is 6.07 Å². The van der Waals surface area contributed by atoms with E-state index in [1.807, 2.05) is 31.2 Å². The van der Waals surface area contributed by atoms with E-state index >= 15 is 0 Å². The van der Waals surface area contributed by atoms with E-state index in [0.29, 0.717) is 12.1 Å². The number of aliphatic imine (C=N–C) groups is 1. The normalized spacial score (nSPS) is 15.4. The fourth-order valence-corrected chi connectivity index (χ4v) is 4.03. The SMILES string of the molecule is Cc1ccccc1CNC(=O)COC(=O)CCN=C1NS(=O)(=O)c2ccccc21. The van der Waals surface area contributed by atoms with Crippen LogP contribution in [0.25, 0.3) is 0 Å². The van der Waals surface area contributed by atoms with Gasteiger partial charge in [-0.15, -0.1) is 0 Å². The molecule has 2 aromatic carbocycles. The zero-order chi connectivity index (χ0) is 20.9. The van der Waals surface area contributed by atoms with Crippen LogP contribution in [0.4, 0.5) is 0 Å². The lowest BCUT2D eigenvalue weighted by atomic mass is 10.1. The predicted molar refractivity (Wildman–Crippen MR) is 107 cm³/mol. The van der Waals surface area contributed by atoms with Gasteiger partial charge in [-0.25, -0.2) is 8.42 Å². The van der Waals surface area contributed by atoms with E-state index in [2.05, 4.69) is 15.0 Å². The number of amides is 1. The van der Waals surface area contributed by atoms with Gasteiger partial charge in [0.15, 0.2) is 6.61 Å². The Morgan fingerprint density at radius 3 is 2.62 bits per heavy atom. The summed E-state index contributed by atoms with van der Waals surface area (Å²) in [6, 6.07) is 14.1. The van der Waals surface area contributed by atoms with Gasteiger partial charge < -0.3 is 10.1 Å². The molecule has 29 heavy (non-hydrogen) atoms. The van der Waals surface area contributed by atoms with Crippen LogP contribution in [0.2, 0.25) is 0 Å². The molecule has 152 valence electrons. The van der Waals surface area contributed by atoms with Gasteiger partial charge in [-0.2, -0.15) is 0 Å². The molecular formula is C20H21N3O5S. The molecule has 0 saturated carbocycles. The van der Waals surface area contributed by atoms with Crippen molar-refractivity contribution in [3.05, 3.63) is 65.2 Å². The molecule has 2 N–H and O–H groups in total. The average molecular weight is 415 g/mol. The lowest BCUT2D eigenvalue weighted by Gasteiger charge is -2.08. The first-order valence-electron chi connectivity index (χ1n) is 9.00. The highest BCUT2D eigenvalue weighted by molar-refractivity contribution is 7.90. The highest BCUT2D eigenvalue weighted by atomic mass is 32.2. The van der Waals surface area contributed by atoms with Gasteiger partial charge in [-0.3, -0.25) is 19.3 Å². The van der Waals surface area contributed by atoms with Crippen LogP contribution in [-0.2, 0) is 30.9 Å². The standard InChI is InChI=1S/C20H21N3O5S/c1-14-6-2-3-7-15(14)12-22-18(24)13-28-19(25)10-11-21-20-16-8-4-5-9-17(16)29(26,27)23-20/h2-9H,10-13H2,1H3,(H,21,23)(H,22,24). The van der Waals surface area contributed by atoms with Gasteiger partial charge in [0.05, 0.1) is 17.9 Å². The molecule has 9 heteroatoms. The number of rotatable bonds is 7. The number of ether oxygens (including phenoxy) is 1. The third kappa shape index (κ3) is 5.20. The predicted octanol–water partition coefficient (Wildman–Crippen LogP) is 1.28. The van der Waals surface area contributed by atoms with Gasteiger partial charge in [-0.1, -0.05) is 36.4 Å². The molecule has 0 fully saturated rings. The third-order valence-electron chi connectivity index (χ3n) is 4.35. The molecule has 8 nitrogen and oxygen atoms in total. The summed E-state index contributed by atoms with van der Waals surface area (Å²) in [6.07, 6.45) is -0.0710. The third-order valence-corrected chi connectivity index (χ3v) is 5.75. The quantitative estimate of drug-likeness (QED) is 0.662. The van der Waals surface area contributed by atoms with Gasteiger partial charge in [0.25, 0.3) is 15.9 Å². The van der Waals surface area contributed by atoms with E-state index in [1.54, 1.807) is 18.2 Å². The maximum Gasteiger partial charge on any atom is 0.308 e. The Labute approximate surface area is 169 Å². The molecule has 0 aromatic heterocycles. The number of fused-ring (bicyclic) bond motifs is 1. The fourth-order valence-electron chi connectivity index (χ4n) is 2.78. The van der Waals surface area contributed by atoms with E-state index in [0.717, 1.165) is 11.1 Å². The van der Waals surface area contributed by atoms with Gasteiger partial charge in [-0.05, 0) is 30.2 Å². The number of esters is 1. The number of amidine groups is 1. The number of nitrogens with one attached hydrogen (secondary N) is 2. The Balaban J connectivity index is 1.43. The molecule has 1 aliphatic heterocycles. The Kier molecular flexibility index (Phi) is 6.28. The Morgan fingerprint density at radius 2 is 1.83 bits per heavy atom. The van der Waals surface area contributed by atoms with Crippen molar-refractivity contribution in [3.63, 3.8) is 0 Å². The Morgan fingerprint density at radius 1 is 1.10 bits per heavy atom. The summed E-state index contributed by atoms with van der Waals surface area (Å²) in [5, 5.41) is 2.70. The first-order chi connectivity index (χ1) is 13.9. The number of carbonyl (C=O) groups is 2. The molecule has 1 heterocycles. The van der Waals surface area contributed by atoms with Crippen LogP contribution in [0.15, 0.2) is 58.4 Å². The number of hydrogen-bond donors (Lipinski definition) is 2. The van der Waals surface area contributed by atoms with E-state index in [-0.39, 0.29) is 30.3 Å². The van der Waals surface area contributed by atoms with E-state index in [4.69, 9.17) is 4.74 Å². The molecule has 0 aliphatic carbocycles. The maximum absolute atomic E-state index is 12.0. The van der Waals surface area contributed by atoms with Crippen molar-refractivity contribution in [1.82, 2.24) is 10.0 Å². The maximum atomic E-state index is 12.0. The molecule has 0 unspecified atom stereocenters. The molecule has 0 atom stereocenters. The minimum atomic E-state index is -3.61. The zero-order valence-corrected chi connectivity index (χ0v) is 16.7. The second-order valence-corrected chi connectivity index (χ2v) is 8.10. The minimum absolute atomic E-state index is 0.0375. The second-order valence-electron chi connectivity index (χ2n) is 6.45. The first-order valence-corrected chi connectivity index (χ1v) is 10.5. The molecule has 1 amide bonds. The summed E-state index contributed by atoms with van der Waals surface area (Å²) in [4.78, 5) is 27.9. The number of hydrogen-bond acceptors (Lipinski definition) is 6. The summed E-state index contributed by atoms with van der Waals surface area (Å²) in [5.41, 5.74) is 2.52. The monoisotopic (exact) mass is 415 g/mol. The molecule has 2 aromatic rings.